The van der Waals surface area contributed by atoms with Gasteiger partial charge in [-0.25, -0.2) is 19.3 Å². The maximum Gasteiger partial charge on any atom is 0.267 e. The molecule has 11 nitrogen and oxygen atoms in total. The first-order chi connectivity index (χ1) is 20.3. The second-order valence-corrected chi connectivity index (χ2v) is 9.62. The summed E-state index contributed by atoms with van der Waals surface area (Å²) in [6.07, 6.45) is 0.578. The summed E-state index contributed by atoms with van der Waals surface area (Å²) in [5, 5.41) is 5.83. The molecule has 5 aromatic rings. The van der Waals surface area contributed by atoms with E-state index < -0.39 is 11.9 Å². The number of carbonyl (C=O) groups excluding carboxylic acids is 2. The number of nitrogens with two attached hydrogens (primary N) is 1. The minimum absolute atomic E-state index is 0.00139. The lowest BCUT2D eigenvalue weighted by atomic mass is 10.1. The number of anilines is 1. The van der Waals surface area contributed by atoms with Gasteiger partial charge >= 0.3 is 0 Å². The number of hydrogen-bond acceptors (Lipinski definition) is 8. The van der Waals surface area contributed by atoms with Gasteiger partial charge in [0.2, 0.25) is 5.91 Å². The first kappa shape index (κ1) is 26.7. The van der Waals surface area contributed by atoms with E-state index >= 15 is 0 Å². The van der Waals surface area contributed by atoms with Crippen molar-refractivity contribution >= 4 is 28.7 Å². The number of rotatable bonds is 8. The number of methoxy groups -OCH3 is 2. The van der Waals surface area contributed by atoms with Gasteiger partial charge in [-0.05, 0) is 61.0 Å². The lowest BCUT2D eigenvalue weighted by molar-refractivity contribution is -0.119. The summed E-state index contributed by atoms with van der Waals surface area (Å²) >= 11 is 0. The molecule has 1 atom stereocenters. The van der Waals surface area contributed by atoms with Crippen LogP contribution in [0.3, 0.4) is 0 Å². The average molecular weight is 568 g/mol. The van der Waals surface area contributed by atoms with Gasteiger partial charge in [0.25, 0.3) is 5.91 Å². The van der Waals surface area contributed by atoms with Crippen LogP contribution in [0.5, 0.6) is 11.5 Å². The Morgan fingerprint density at radius 1 is 1.02 bits per heavy atom. The summed E-state index contributed by atoms with van der Waals surface area (Å²) in [4.78, 5) is 38.1. The van der Waals surface area contributed by atoms with Gasteiger partial charge in [-0.15, -0.1) is 0 Å². The van der Waals surface area contributed by atoms with E-state index in [1.165, 1.54) is 18.2 Å². The largest absolute Gasteiger partial charge is 0.497 e. The van der Waals surface area contributed by atoms with Crippen LogP contribution in [-0.2, 0) is 4.79 Å². The number of hydrogen-bond donors (Lipinski definition) is 3. The molecule has 3 aromatic carbocycles. The number of nitrogens with zero attached hydrogens (tertiary/aromatic N) is 4. The zero-order valence-corrected chi connectivity index (χ0v) is 22.7. The minimum Gasteiger partial charge on any atom is -0.497 e. The van der Waals surface area contributed by atoms with Crippen LogP contribution in [0, 0.1) is 5.82 Å². The van der Waals surface area contributed by atoms with Crippen LogP contribution in [0.1, 0.15) is 16.9 Å². The molecule has 0 saturated carbocycles. The van der Waals surface area contributed by atoms with Crippen LogP contribution in [0.15, 0.2) is 66.7 Å². The van der Waals surface area contributed by atoms with Crippen molar-refractivity contribution in [3.63, 3.8) is 0 Å². The van der Waals surface area contributed by atoms with E-state index in [-0.39, 0.29) is 23.2 Å². The Kier molecular flexibility index (Phi) is 6.87. The lowest BCUT2D eigenvalue weighted by Gasteiger charge is -2.13. The zero-order chi connectivity index (χ0) is 29.4. The van der Waals surface area contributed by atoms with Gasteiger partial charge in [0, 0.05) is 29.9 Å². The second-order valence-electron chi connectivity index (χ2n) is 9.62. The Balaban J connectivity index is 1.51. The molecule has 1 fully saturated rings. The van der Waals surface area contributed by atoms with Crippen LogP contribution in [0.25, 0.3) is 39.5 Å². The van der Waals surface area contributed by atoms with Crippen molar-refractivity contribution < 1.29 is 23.5 Å². The van der Waals surface area contributed by atoms with Gasteiger partial charge in [-0.2, -0.15) is 0 Å². The third kappa shape index (κ3) is 4.94. The molecule has 212 valence electrons. The van der Waals surface area contributed by atoms with E-state index in [4.69, 9.17) is 20.2 Å². The highest BCUT2D eigenvalue weighted by Gasteiger charge is 2.25. The number of ether oxygens (including phenoxy) is 2. The van der Waals surface area contributed by atoms with E-state index in [1.807, 2.05) is 16.7 Å². The fourth-order valence-corrected chi connectivity index (χ4v) is 4.92. The van der Waals surface area contributed by atoms with E-state index in [0.29, 0.717) is 58.4 Å². The monoisotopic (exact) mass is 567 g/mol. The number of carbonyl (C=O) groups is 2. The van der Waals surface area contributed by atoms with Crippen molar-refractivity contribution in [1.82, 2.24) is 24.8 Å². The molecule has 2 amide bonds. The van der Waals surface area contributed by atoms with Gasteiger partial charge in [0.1, 0.15) is 40.7 Å². The number of halogens is 1. The SMILES string of the molecule is COc1ccc(-c2nc3cc(-c4nc(NC5CCNC5=O)cc(C(N)=O)n4)ccc3n2-c2ccc(F)cc2)c(OC)c1. The average Bonchev–Trinajstić information content (AvgIpc) is 3.59. The Labute approximate surface area is 239 Å². The first-order valence-electron chi connectivity index (χ1n) is 13.1. The van der Waals surface area contributed by atoms with Gasteiger partial charge in [-0.1, -0.05) is 0 Å². The smallest absolute Gasteiger partial charge is 0.267 e. The minimum atomic E-state index is -0.729. The molecule has 6 rings (SSSR count). The molecule has 0 spiro atoms. The van der Waals surface area contributed by atoms with Crippen molar-refractivity contribution in [3.8, 4) is 40.0 Å². The molecule has 4 N–H and O–H groups in total. The fourth-order valence-electron chi connectivity index (χ4n) is 4.92. The van der Waals surface area contributed by atoms with Gasteiger partial charge in [-0.3, -0.25) is 14.2 Å². The van der Waals surface area contributed by atoms with Gasteiger partial charge in [0.05, 0.1) is 30.8 Å². The number of nitrogens with one attached hydrogen (secondary N) is 2. The normalized spacial score (nSPS) is 14.5. The van der Waals surface area contributed by atoms with E-state index in [9.17, 15) is 14.0 Å². The molecular formula is C30H26FN7O4. The number of benzene rings is 3. The summed E-state index contributed by atoms with van der Waals surface area (Å²) in [6, 6.07) is 17.9. The van der Waals surface area contributed by atoms with Crippen molar-refractivity contribution in [2.45, 2.75) is 12.5 Å². The second kappa shape index (κ2) is 10.8. The predicted molar refractivity (Wildman–Crippen MR) is 154 cm³/mol. The number of fused-ring (bicyclic) bond motifs is 1. The highest BCUT2D eigenvalue weighted by Crippen LogP contribution is 2.37. The topological polar surface area (TPSA) is 146 Å². The molecule has 0 radical (unpaired) electrons. The molecule has 0 aliphatic carbocycles. The lowest BCUT2D eigenvalue weighted by Crippen LogP contribution is -2.30. The highest BCUT2D eigenvalue weighted by atomic mass is 19.1. The fraction of sp³-hybridized carbons (Fsp3) is 0.167. The van der Waals surface area contributed by atoms with E-state index in [0.717, 1.165) is 5.52 Å². The van der Waals surface area contributed by atoms with Crippen LogP contribution in [0.4, 0.5) is 10.2 Å². The molecule has 42 heavy (non-hydrogen) atoms. The highest BCUT2D eigenvalue weighted by molar-refractivity contribution is 5.93. The number of aromatic nitrogens is 4. The van der Waals surface area contributed by atoms with Crippen molar-refractivity contribution in [1.29, 1.82) is 0 Å². The van der Waals surface area contributed by atoms with Gasteiger partial charge < -0.3 is 25.8 Å². The molecular weight excluding hydrogens is 541 g/mol. The molecule has 1 aliphatic rings. The standard InChI is InChI=1S/C30H26FN7O4/c1-41-19-8-9-20(25(14-19)42-2)29-36-22-13-16(3-10-24(22)38(29)18-6-4-17(31)5-7-18)28-35-23(27(32)39)15-26(37-28)34-21-11-12-33-30(21)40/h3-10,13-15,21H,11-12H2,1-2H3,(H2,32,39)(H,33,40)(H,34,35,37). The molecule has 1 aliphatic heterocycles. The van der Waals surface area contributed by atoms with Crippen molar-refractivity contribution in [3.05, 3.63) is 78.2 Å². The number of amides is 2. The van der Waals surface area contributed by atoms with Crippen LogP contribution in [-0.4, -0.2) is 58.1 Å². The molecule has 1 unspecified atom stereocenters. The Morgan fingerprint density at radius 3 is 2.52 bits per heavy atom. The zero-order valence-electron chi connectivity index (χ0n) is 22.7. The molecule has 1 saturated heterocycles. The quantitative estimate of drug-likeness (QED) is 0.257. The predicted octanol–water partition coefficient (Wildman–Crippen LogP) is 3.71. The maximum atomic E-state index is 13.8. The van der Waals surface area contributed by atoms with Crippen molar-refractivity contribution in [2.24, 2.45) is 5.73 Å². The van der Waals surface area contributed by atoms with Crippen LogP contribution < -0.4 is 25.8 Å². The van der Waals surface area contributed by atoms with Crippen LogP contribution in [0.2, 0.25) is 0 Å². The van der Waals surface area contributed by atoms with Gasteiger partial charge in [0.15, 0.2) is 5.82 Å². The first-order valence-corrected chi connectivity index (χ1v) is 13.1. The Morgan fingerprint density at radius 2 is 1.83 bits per heavy atom. The third-order valence-corrected chi connectivity index (χ3v) is 7.00. The summed E-state index contributed by atoms with van der Waals surface area (Å²) in [6.45, 7) is 0.547. The molecule has 2 aromatic heterocycles. The van der Waals surface area contributed by atoms with Crippen molar-refractivity contribution in [2.75, 3.05) is 26.1 Å². The molecule has 3 heterocycles. The number of imidazole rings is 1. The summed E-state index contributed by atoms with van der Waals surface area (Å²) < 4.78 is 26.8. The Bertz CT molecular complexity index is 1840. The summed E-state index contributed by atoms with van der Waals surface area (Å²) in [7, 11) is 3.13. The maximum absolute atomic E-state index is 13.8. The third-order valence-electron chi connectivity index (χ3n) is 7.00. The molecule has 0 bridgehead atoms. The molecule has 12 heteroatoms. The van der Waals surface area contributed by atoms with Crippen LogP contribution >= 0.6 is 0 Å². The Hall–Kier alpha value is -5.52. The number of primary amides is 1. The summed E-state index contributed by atoms with van der Waals surface area (Å²) in [5.41, 5.74) is 8.83. The van der Waals surface area contributed by atoms with E-state index in [2.05, 4.69) is 20.6 Å². The van der Waals surface area contributed by atoms with E-state index in [1.54, 1.807) is 50.6 Å². The summed E-state index contributed by atoms with van der Waals surface area (Å²) in [5.74, 6) is 1.00.